The van der Waals surface area contributed by atoms with Crippen molar-refractivity contribution in [3.05, 3.63) is 59.7 Å². The second-order valence-corrected chi connectivity index (χ2v) is 9.06. The molecule has 31 heavy (non-hydrogen) atoms. The number of carbonyl (C=O) groups excluding carboxylic acids is 3. The van der Waals surface area contributed by atoms with E-state index in [1.807, 2.05) is 6.07 Å². The van der Waals surface area contributed by atoms with E-state index in [1.165, 1.54) is 36.2 Å². The van der Waals surface area contributed by atoms with Crippen molar-refractivity contribution in [2.75, 3.05) is 18.9 Å². The maximum atomic E-state index is 12.6. The van der Waals surface area contributed by atoms with Crippen molar-refractivity contribution < 1.29 is 22.8 Å². The summed E-state index contributed by atoms with van der Waals surface area (Å²) in [7, 11) is -2.60. The van der Waals surface area contributed by atoms with Gasteiger partial charge in [0.15, 0.2) is 0 Å². The Labute approximate surface area is 179 Å². The summed E-state index contributed by atoms with van der Waals surface area (Å²) in [5, 5.41) is 11.4. The summed E-state index contributed by atoms with van der Waals surface area (Å²) in [4.78, 5) is 36.9. The summed E-state index contributed by atoms with van der Waals surface area (Å²) in [5.41, 5.74) is 1.53. The summed E-state index contributed by atoms with van der Waals surface area (Å²) < 4.78 is 26.1. The number of nitriles is 1. The summed E-state index contributed by atoms with van der Waals surface area (Å²) in [6.45, 7) is -0.224. The Hall–Kier alpha value is -3.55. The highest BCUT2D eigenvalue weighted by atomic mass is 32.2. The fourth-order valence-electron chi connectivity index (χ4n) is 3.04. The molecule has 10 heteroatoms. The van der Waals surface area contributed by atoms with Gasteiger partial charge in [-0.25, -0.2) is 8.42 Å². The molecule has 3 amide bonds. The van der Waals surface area contributed by atoms with Crippen LogP contribution in [0.25, 0.3) is 0 Å². The highest BCUT2D eigenvalue weighted by Crippen LogP contribution is 2.18. The molecule has 1 aliphatic heterocycles. The van der Waals surface area contributed by atoms with Crippen LogP contribution in [0.4, 0.5) is 5.69 Å². The van der Waals surface area contributed by atoms with Gasteiger partial charge in [-0.2, -0.15) is 9.57 Å². The minimum atomic E-state index is -3.89. The van der Waals surface area contributed by atoms with E-state index in [9.17, 15) is 22.8 Å². The van der Waals surface area contributed by atoms with Crippen molar-refractivity contribution in [1.82, 2.24) is 9.21 Å². The van der Waals surface area contributed by atoms with Gasteiger partial charge < -0.3 is 5.32 Å². The first-order chi connectivity index (χ1) is 14.7. The third kappa shape index (κ3) is 5.14. The van der Waals surface area contributed by atoms with Gasteiger partial charge in [0.05, 0.1) is 29.6 Å². The molecular weight excluding hydrogens is 420 g/mol. The van der Waals surface area contributed by atoms with Gasteiger partial charge in [-0.05, 0) is 42.0 Å². The van der Waals surface area contributed by atoms with Gasteiger partial charge >= 0.3 is 0 Å². The molecule has 1 saturated heterocycles. The average Bonchev–Trinajstić information content (AvgIpc) is 3.07. The van der Waals surface area contributed by atoms with Crippen molar-refractivity contribution >= 4 is 33.4 Å². The Morgan fingerprint density at radius 3 is 2.19 bits per heavy atom. The number of benzene rings is 2. The third-order valence-electron chi connectivity index (χ3n) is 4.79. The number of carbonyl (C=O) groups is 3. The molecule has 3 rings (SSSR count). The first kappa shape index (κ1) is 22.1. The SMILES string of the molecule is CN(CC(=O)Nc1ccc(CN2C(=O)CCC2=O)cc1)S(=O)(=O)c1ccc(C#N)cc1. The molecule has 2 aromatic carbocycles. The van der Waals surface area contributed by atoms with Crippen molar-refractivity contribution in [3.8, 4) is 6.07 Å². The zero-order valence-electron chi connectivity index (χ0n) is 16.7. The lowest BCUT2D eigenvalue weighted by Gasteiger charge is -2.17. The molecule has 160 valence electrons. The summed E-state index contributed by atoms with van der Waals surface area (Å²) in [6, 6.07) is 13.9. The highest BCUT2D eigenvalue weighted by molar-refractivity contribution is 7.89. The minimum absolute atomic E-state index is 0.0165. The number of rotatable bonds is 7. The van der Waals surface area contributed by atoms with Gasteiger partial charge in [-0.15, -0.1) is 0 Å². The zero-order chi connectivity index (χ0) is 22.6. The Morgan fingerprint density at radius 2 is 1.65 bits per heavy atom. The van der Waals surface area contributed by atoms with Crippen molar-refractivity contribution in [3.63, 3.8) is 0 Å². The maximum absolute atomic E-state index is 12.6. The molecule has 2 aromatic rings. The quantitative estimate of drug-likeness (QED) is 0.650. The fraction of sp³-hybridized carbons (Fsp3) is 0.238. The Morgan fingerprint density at radius 1 is 1.06 bits per heavy atom. The topological polar surface area (TPSA) is 128 Å². The number of nitrogens with one attached hydrogen (secondary N) is 1. The molecule has 1 heterocycles. The first-order valence-electron chi connectivity index (χ1n) is 9.39. The van der Waals surface area contributed by atoms with Crippen LogP contribution in [0.3, 0.4) is 0 Å². The van der Waals surface area contributed by atoms with Crippen molar-refractivity contribution in [2.45, 2.75) is 24.3 Å². The summed E-state index contributed by atoms with van der Waals surface area (Å²) in [5.74, 6) is -0.930. The molecule has 1 aliphatic rings. The number of amides is 3. The predicted molar refractivity (Wildman–Crippen MR) is 111 cm³/mol. The first-order valence-corrected chi connectivity index (χ1v) is 10.8. The lowest BCUT2D eigenvalue weighted by atomic mass is 10.2. The van der Waals surface area contributed by atoms with Crippen LogP contribution >= 0.6 is 0 Å². The number of likely N-dealkylation sites (tertiary alicyclic amines) is 1. The highest BCUT2D eigenvalue weighted by Gasteiger charge is 2.28. The van der Waals surface area contributed by atoms with Crippen LogP contribution in [0.2, 0.25) is 0 Å². The lowest BCUT2D eigenvalue weighted by molar-refractivity contribution is -0.139. The van der Waals surface area contributed by atoms with Crippen LogP contribution in [0.1, 0.15) is 24.0 Å². The zero-order valence-corrected chi connectivity index (χ0v) is 17.6. The summed E-state index contributed by atoms with van der Waals surface area (Å²) >= 11 is 0. The number of imide groups is 1. The lowest BCUT2D eigenvalue weighted by Crippen LogP contribution is -2.35. The van der Waals surface area contributed by atoms with Crippen molar-refractivity contribution in [2.24, 2.45) is 0 Å². The Kier molecular flexibility index (Phi) is 6.48. The number of anilines is 1. The molecule has 0 saturated carbocycles. The van der Waals surface area contributed by atoms with E-state index in [0.29, 0.717) is 11.3 Å². The number of hydrogen-bond donors (Lipinski definition) is 1. The fourth-order valence-corrected chi connectivity index (χ4v) is 4.17. The van der Waals surface area contributed by atoms with Gasteiger partial charge in [-0.3, -0.25) is 19.3 Å². The second-order valence-electron chi connectivity index (χ2n) is 7.02. The standard InChI is InChI=1S/C21H20N4O5S/c1-24(31(29,30)18-8-4-15(12-22)5-9-18)14-19(26)23-17-6-2-16(3-7-17)13-25-20(27)10-11-21(25)28/h2-9H,10-11,13-14H2,1H3,(H,23,26). The molecule has 0 radical (unpaired) electrons. The van der Waals surface area contributed by atoms with E-state index >= 15 is 0 Å². The van der Waals surface area contributed by atoms with Crippen LogP contribution < -0.4 is 5.32 Å². The monoisotopic (exact) mass is 440 g/mol. The Bertz CT molecular complexity index is 1140. The molecule has 9 nitrogen and oxygen atoms in total. The molecule has 0 spiro atoms. The summed E-state index contributed by atoms with van der Waals surface area (Å²) in [6.07, 6.45) is 0.456. The van der Waals surface area contributed by atoms with E-state index in [4.69, 9.17) is 5.26 Å². The number of hydrogen-bond acceptors (Lipinski definition) is 6. The second kappa shape index (κ2) is 9.07. The maximum Gasteiger partial charge on any atom is 0.243 e. The Balaban J connectivity index is 1.59. The van der Waals surface area contributed by atoms with Crippen molar-refractivity contribution in [1.29, 1.82) is 5.26 Å². The third-order valence-corrected chi connectivity index (χ3v) is 6.61. The van der Waals surface area contributed by atoms with E-state index in [0.717, 1.165) is 9.87 Å². The minimum Gasteiger partial charge on any atom is -0.325 e. The molecule has 1 N–H and O–H groups in total. The number of nitrogens with zero attached hydrogens (tertiary/aromatic N) is 3. The molecule has 0 aliphatic carbocycles. The van der Waals surface area contributed by atoms with Crippen LogP contribution in [-0.4, -0.2) is 48.9 Å². The van der Waals surface area contributed by atoms with E-state index < -0.39 is 22.5 Å². The van der Waals surface area contributed by atoms with E-state index in [-0.39, 0.29) is 36.1 Å². The molecule has 0 unspecified atom stereocenters. The molecule has 0 bridgehead atoms. The number of likely N-dealkylation sites (N-methyl/N-ethyl adjacent to an activating group) is 1. The van der Waals surface area contributed by atoms with Gasteiger partial charge in [-0.1, -0.05) is 12.1 Å². The van der Waals surface area contributed by atoms with Crippen LogP contribution in [0, 0.1) is 11.3 Å². The normalized spacial score (nSPS) is 14.0. The van der Waals surface area contributed by atoms with Gasteiger partial charge in [0.2, 0.25) is 27.7 Å². The van der Waals surface area contributed by atoms with Gasteiger partial charge in [0.25, 0.3) is 0 Å². The van der Waals surface area contributed by atoms with Gasteiger partial charge in [0, 0.05) is 25.6 Å². The van der Waals surface area contributed by atoms with E-state index in [1.54, 1.807) is 24.3 Å². The molecule has 0 aromatic heterocycles. The largest absolute Gasteiger partial charge is 0.325 e. The van der Waals surface area contributed by atoms with E-state index in [2.05, 4.69) is 5.32 Å². The smallest absolute Gasteiger partial charge is 0.243 e. The molecule has 1 fully saturated rings. The van der Waals surface area contributed by atoms with Crippen LogP contribution in [-0.2, 0) is 31.0 Å². The molecule has 0 atom stereocenters. The van der Waals surface area contributed by atoms with Crippen LogP contribution in [0.15, 0.2) is 53.4 Å². The average molecular weight is 440 g/mol. The van der Waals surface area contributed by atoms with Gasteiger partial charge in [0.1, 0.15) is 0 Å². The van der Waals surface area contributed by atoms with Crippen LogP contribution in [0.5, 0.6) is 0 Å². The number of sulfonamides is 1. The molecular formula is C21H20N4O5S. The predicted octanol–water partition coefficient (Wildman–Crippen LogP) is 1.47.